The molecule has 0 spiro atoms. The van der Waals surface area contributed by atoms with Crippen molar-refractivity contribution in [3.63, 3.8) is 0 Å². The molecule has 0 rings (SSSR count). The van der Waals surface area contributed by atoms with E-state index < -0.39 is 23.7 Å². The number of hydrogen-bond donors (Lipinski definition) is 1. The molecule has 0 saturated carbocycles. The van der Waals surface area contributed by atoms with Crippen molar-refractivity contribution in [3.8, 4) is 0 Å². The molecule has 0 aliphatic heterocycles. The van der Waals surface area contributed by atoms with Gasteiger partial charge in [-0.1, -0.05) is 0 Å². The molecule has 0 heterocycles. The minimum atomic E-state index is -3.05. The van der Waals surface area contributed by atoms with Gasteiger partial charge in [0.1, 0.15) is 12.2 Å². The number of carboxylic acid groups (broad SMARTS) is 1. The summed E-state index contributed by atoms with van der Waals surface area (Å²) in [6.45, 7) is 15.6. The molecule has 0 aliphatic carbocycles. The van der Waals surface area contributed by atoms with E-state index in [9.17, 15) is 9.59 Å². The summed E-state index contributed by atoms with van der Waals surface area (Å²) in [5.41, 5.74) is 0. The molecule has 1 N–H and O–H groups in total. The summed E-state index contributed by atoms with van der Waals surface area (Å²) >= 11 is -3.05. The Hall–Kier alpha value is -0.266. The minimum absolute atomic E-state index is 0.0119. The second-order valence-electron chi connectivity index (χ2n) is 5.38. The normalized spacial score (nSPS) is 11.6. The van der Waals surface area contributed by atoms with Crippen molar-refractivity contribution in [2.24, 2.45) is 0 Å². The Kier molecular flexibility index (Phi) is 12.4. The molecule has 0 aromatic carbocycles. The van der Waals surface area contributed by atoms with Gasteiger partial charge in [-0.25, -0.2) is 0 Å². The van der Waals surface area contributed by atoms with Crippen LogP contribution >= 0.6 is 0 Å². The second kappa shape index (κ2) is 11.3. The first-order valence-corrected chi connectivity index (χ1v) is 9.88. The van der Waals surface area contributed by atoms with Crippen LogP contribution in [-0.4, -0.2) is 36.7 Å². The number of carbonyl (C=O) groups excluding carboxylic acids is 1. The molecule has 0 aliphatic rings. The van der Waals surface area contributed by atoms with E-state index in [1.54, 1.807) is 0 Å². The molecule has 0 aromatic heterocycles. The molecular formula is C14H30O6Ti. The van der Waals surface area contributed by atoms with Crippen LogP contribution in [0.25, 0.3) is 0 Å². The van der Waals surface area contributed by atoms with Crippen LogP contribution in [0.5, 0.6) is 0 Å². The molecule has 7 heteroatoms. The maximum absolute atomic E-state index is 9.87. The standard InChI is InChI=1S/C4H6O3.C4H9.3C2H5O.Ti/c1-3(5)2-4(6)7;1-4(2)3;3*1-2-3;/h2H2,1H3,(H,6,7);1-3H3;3*2H2,1H3;/q;;3*-1;+3. The molecule has 21 heavy (non-hydrogen) atoms. The van der Waals surface area contributed by atoms with Gasteiger partial charge in [-0.15, -0.1) is 0 Å². The fraction of sp³-hybridized carbons (Fsp3) is 0.857. The Morgan fingerprint density at radius 2 is 1.29 bits per heavy atom. The van der Waals surface area contributed by atoms with E-state index in [1.165, 1.54) is 6.92 Å². The third-order valence-electron chi connectivity index (χ3n) is 2.32. The van der Waals surface area contributed by atoms with Crippen LogP contribution in [0, 0.1) is 0 Å². The summed E-state index contributed by atoms with van der Waals surface area (Å²) in [4.78, 5) is 19.5. The first-order chi connectivity index (χ1) is 9.56. The zero-order chi connectivity index (χ0) is 17.1. The monoisotopic (exact) mass is 342 g/mol. The molecule has 0 unspecified atom stereocenters. The Morgan fingerprint density at radius 1 is 0.952 bits per heavy atom. The SMILES string of the molecule is CC(=O)CC(=O)O.CC[O][Ti]([O]CC)([O]CC)[C](C)(C)C. The molecule has 0 saturated heterocycles. The Labute approximate surface area is 132 Å². The van der Waals surface area contributed by atoms with E-state index in [0.717, 1.165) is 0 Å². The van der Waals surface area contributed by atoms with E-state index in [0.29, 0.717) is 19.8 Å². The second-order valence-corrected chi connectivity index (χ2v) is 10.8. The zero-order valence-electron chi connectivity index (χ0n) is 14.3. The molecule has 0 aromatic rings. The van der Waals surface area contributed by atoms with Crippen molar-refractivity contribution >= 4 is 11.8 Å². The van der Waals surface area contributed by atoms with E-state index >= 15 is 0 Å². The van der Waals surface area contributed by atoms with Gasteiger partial charge in [0, 0.05) is 0 Å². The van der Waals surface area contributed by atoms with Crippen molar-refractivity contribution in [3.05, 3.63) is 0 Å². The van der Waals surface area contributed by atoms with Crippen LogP contribution in [0.3, 0.4) is 0 Å². The van der Waals surface area contributed by atoms with Crippen molar-refractivity contribution in [1.82, 2.24) is 0 Å². The zero-order valence-corrected chi connectivity index (χ0v) is 15.9. The van der Waals surface area contributed by atoms with Crippen LogP contribution in [0.15, 0.2) is 0 Å². The summed E-state index contributed by atoms with van der Waals surface area (Å²) in [7, 11) is 0. The third-order valence-corrected chi connectivity index (χ3v) is 8.32. The maximum atomic E-state index is 9.87. The molecule has 126 valence electrons. The van der Waals surface area contributed by atoms with Gasteiger partial charge >= 0.3 is 98.8 Å². The van der Waals surface area contributed by atoms with Gasteiger partial charge in [0.2, 0.25) is 0 Å². The van der Waals surface area contributed by atoms with Crippen molar-refractivity contribution in [2.75, 3.05) is 19.8 Å². The summed E-state index contributed by atoms with van der Waals surface area (Å²) < 4.78 is 17.4. The molecule has 0 radical (unpaired) electrons. The van der Waals surface area contributed by atoms with E-state index in [-0.39, 0.29) is 15.9 Å². The molecule has 0 bridgehead atoms. The van der Waals surface area contributed by atoms with Crippen LogP contribution in [0.2, 0.25) is 3.72 Å². The third kappa shape index (κ3) is 10.1. The van der Waals surface area contributed by atoms with Crippen LogP contribution in [-0.2, 0) is 37.3 Å². The van der Waals surface area contributed by atoms with Crippen LogP contribution in [0.4, 0.5) is 0 Å². The van der Waals surface area contributed by atoms with Crippen molar-refractivity contribution in [2.45, 2.75) is 58.6 Å². The van der Waals surface area contributed by atoms with Crippen LogP contribution in [0.1, 0.15) is 54.9 Å². The summed E-state index contributed by atoms with van der Waals surface area (Å²) in [5.74, 6) is -1.37. The average Bonchev–Trinajstić information content (AvgIpc) is 2.27. The number of Topliss-reactive ketones (excluding diaryl/α,β-unsaturated/α-hetero) is 1. The first-order valence-electron chi connectivity index (χ1n) is 7.19. The number of carboxylic acids is 1. The molecule has 6 nitrogen and oxygen atoms in total. The summed E-state index contributed by atoms with van der Waals surface area (Å²) in [6.07, 6.45) is -0.361. The average molecular weight is 342 g/mol. The van der Waals surface area contributed by atoms with Gasteiger partial charge in [-0.2, -0.15) is 0 Å². The fourth-order valence-electron chi connectivity index (χ4n) is 1.56. The fourth-order valence-corrected chi connectivity index (χ4v) is 5.76. The summed E-state index contributed by atoms with van der Waals surface area (Å²) in [5, 5.41) is 7.86. The quantitative estimate of drug-likeness (QED) is 0.538. The predicted octanol–water partition coefficient (Wildman–Crippen LogP) is 3.26. The Morgan fingerprint density at radius 3 is 1.38 bits per heavy atom. The summed E-state index contributed by atoms with van der Waals surface area (Å²) in [6, 6.07) is 0. The Balaban J connectivity index is 0. The topological polar surface area (TPSA) is 82.1 Å². The van der Waals surface area contributed by atoms with Gasteiger partial charge in [0.25, 0.3) is 0 Å². The number of hydrogen-bond acceptors (Lipinski definition) is 5. The number of aliphatic carboxylic acids is 1. The molecule has 0 atom stereocenters. The van der Waals surface area contributed by atoms with E-state index in [2.05, 4.69) is 20.8 Å². The van der Waals surface area contributed by atoms with Crippen LogP contribution < -0.4 is 0 Å². The van der Waals surface area contributed by atoms with Gasteiger partial charge in [0.15, 0.2) is 0 Å². The Bertz CT molecular complexity index is 282. The number of ketones is 1. The van der Waals surface area contributed by atoms with Gasteiger partial charge in [0.05, 0.1) is 0 Å². The predicted molar refractivity (Wildman–Crippen MR) is 77.5 cm³/mol. The number of carbonyl (C=O) groups is 2. The van der Waals surface area contributed by atoms with E-state index in [1.807, 2.05) is 20.8 Å². The molecule has 0 amide bonds. The van der Waals surface area contributed by atoms with Crippen molar-refractivity contribution in [1.29, 1.82) is 0 Å². The van der Waals surface area contributed by atoms with Gasteiger partial charge < -0.3 is 5.11 Å². The number of rotatable bonds is 8. The molecule has 0 fully saturated rings. The first kappa shape index (κ1) is 23.0. The van der Waals surface area contributed by atoms with Gasteiger partial charge in [-0.3, -0.25) is 9.59 Å². The van der Waals surface area contributed by atoms with Crippen molar-refractivity contribution < 1.29 is 42.4 Å². The van der Waals surface area contributed by atoms with Gasteiger partial charge in [-0.05, 0) is 6.92 Å². The molecular weight excluding hydrogens is 312 g/mol. The van der Waals surface area contributed by atoms with E-state index in [4.69, 9.17) is 15.1 Å².